The number of aromatic nitrogens is 2. The number of nitrogens with one attached hydrogen (secondary N) is 1. The van der Waals surface area contributed by atoms with Gasteiger partial charge in [0, 0.05) is 18.3 Å². The highest BCUT2D eigenvalue weighted by Gasteiger charge is 2.20. The number of amides is 1. The minimum Gasteiger partial charge on any atom is -0.344 e. The summed E-state index contributed by atoms with van der Waals surface area (Å²) in [5.41, 5.74) is 3.91. The Morgan fingerprint density at radius 3 is 2.70 bits per heavy atom. The van der Waals surface area contributed by atoms with Crippen LogP contribution in [0.1, 0.15) is 41.0 Å². The first-order valence-corrected chi connectivity index (χ1v) is 9.25. The van der Waals surface area contributed by atoms with Crippen LogP contribution in [-0.4, -0.2) is 22.4 Å². The van der Waals surface area contributed by atoms with Gasteiger partial charge >= 0.3 is 0 Å². The molecular weight excluding hydrogens is 336 g/mol. The first kappa shape index (κ1) is 17.2. The predicted molar refractivity (Wildman–Crippen MR) is 106 cm³/mol. The lowest BCUT2D eigenvalue weighted by Gasteiger charge is -2.30. The third kappa shape index (κ3) is 3.67. The smallest absolute Gasteiger partial charge is 0.270 e. The quantitative estimate of drug-likeness (QED) is 0.764. The number of benzene rings is 2. The fourth-order valence-electron chi connectivity index (χ4n) is 3.49. The molecule has 2 heterocycles. The molecule has 1 atom stereocenters. The number of para-hydroxylation sites is 1. The third-order valence-corrected chi connectivity index (χ3v) is 4.92. The molecule has 1 N–H and O–H groups in total. The second-order valence-electron chi connectivity index (χ2n) is 6.75. The number of hydrogen-bond acceptors (Lipinski definition) is 4. The van der Waals surface area contributed by atoms with Gasteiger partial charge in [0.15, 0.2) is 0 Å². The maximum atomic E-state index is 12.7. The molecule has 0 aliphatic carbocycles. The van der Waals surface area contributed by atoms with Crippen LogP contribution in [0.3, 0.4) is 0 Å². The van der Waals surface area contributed by atoms with Gasteiger partial charge in [-0.15, -0.1) is 0 Å². The van der Waals surface area contributed by atoms with Crippen molar-refractivity contribution in [1.82, 2.24) is 15.3 Å². The highest BCUT2D eigenvalue weighted by atomic mass is 16.1. The van der Waals surface area contributed by atoms with E-state index in [9.17, 15) is 4.79 Å². The van der Waals surface area contributed by atoms with Gasteiger partial charge in [-0.3, -0.25) is 4.79 Å². The van der Waals surface area contributed by atoms with Crippen LogP contribution in [0.25, 0.3) is 0 Å². The summed E-state index contributed by atoms with van der Waals surface area (Å²) in [7, 11) is 0. The minimum absolute atomic E-state index is 0.0900. The Hall–Kier alpha value is -3.21. The topological polar surface area (TPSA) is 58.1 Å². The average Bonchev–Trinajstić information content (AvgIpc) is 2.74. The molecule has 1 aromatic heterocycles. The minimum atomic E-state index is -0.194. The summed E-state index contributed by atoms with van der Waals surface area (Å²) >= 11 is 0. The van der Waals surface area contributed by atoms with Crippen LogP contribution in [-0.2, 0) is 6.42 Å². The number of fused-ring (bicyclic) bond motifs is 1. The number of aryl methyl sites for hydroxylation is 1. The van der Waals surface area contributed by atoms with Gasteiger partial charge in [-0.1, -0.05) is 48.5 Å². The van der Waals surface area contributed by atoms with E-state index in [1.54, 1.807) is 6.07 Å². The monoisotopic (exact) mass is 358 g/mol. The summed E-state index contributed by atoms with van der Waals surface area (Å²) < 4.78 is 0. The van der Waals surface area contributed by atoms with E-state index >= 15 is 0 Å². The SMILES string of the molecule is CC(NC(=O)c1cc(N2CCCc3ccccc32)ncn1)c1ccccc1. The molecule has 1 aliphatic heterocycles. The lowest BCUT2D eigenvalue weighted by Crippen LogP contribution is -2.29. The van der Waals surface area contributed by atoms with Crippen LogP contribution >= 0.6 is 0 Å². The third-order valence-electron chi connectivity index (χ3n) is 4.92. The summed E-state index contributed by atoms with van der Waals surface area (Å²) in [6, 6.07) is 19.9. The van der Waals surface area contributed by atoms with Gasteiger partial charge < -0.3 is 10.2 Å². The fourth-order valence-corrected chi connectivity index (χ4v) is 3.49. The number of anilines is 2. The lowest BCUT2D eigenvalue weighted by atomic mass is 10.0. The number of carbonyl (C=O) groups is 1. The van der Waals surface area contributed by atoms with Crippen molar-refractivity contribution in [1.29, 1.82) is 0 Å². The van der Waals surface area contributed by atoms with E-state index in [1.807, 2.05) is 43.3 Å². The Morgan fingerprint density at radius 1 is 1.07 bits per heavy atom. The van der Waals surface area contributed by atoms with Crippen molar-refractivity contribution >= 4 is 17.4 Å². The van der Waals surface area contributed by atoms with Crippen molar-refractivity contribution in [2.75, 3.05) is 11.4 Å². The molecule has 1 amide bonds. The van der Waals surface area contributed by atoms with Gasteiger partial charge in [0.05, 0.1) is 6.04 Å². The zero-order valence-electron chi connectivity index (χ0n) is 15.3. The van der Waals surface area contributed by atoms with Gasteiger partial charge in [0.2, 0.25) is 0 Å². The molecule has 5 heteroatoms. The van der Waals surface area contributed by atoms with E-state index in [0.29, 0.717) is 5.69 Å². The van der Waals surface area contributed by atoms with Crippen LogP contribution in [0, 0.1) is 0 Å². The Balaban J connectivity index is 1.56. The van der Waals surface area contributed by atoms with Gasteiger partial charge in [0.1, 0.15) is 17.8 Å². The van der Waals surface area contributed by atoms with E-state index in [4.69, 9.17) is 0 Å². The molecular formula is C22H22N4O. The molecule has 3 aromatic rings. The zero-order valence-corrected chi connectivity index (χ0v) is 15.3. The zero-order chi connectivity index (χ0) is 18.6. The summed E-state index contributed by atoms with van der Waals surface area (Å²) in [4.78, 5) is 23.5. The van der Waals surface area contributed by atoms with E-state index in [2.05, 4.69) is 38.4 Å². The molecule has 136 valence electrons. The Bertz CT molecular complexity index is 942. The van der Waals surface area contributed by atoms with Crippen molar-refractivity contribution < 1.29 is 4.79 Å². The van der Waals surface area contributed by atoms with Gasteiger partial charge in [-0.25, -0.2) is 9.97 Å². The lowest BCUT2D eigenvalue weighted by molar-refractivity contribution is 0.0934. The number of nitrogens with zero attached hydrogens (tertiary/aromatic N) is 3. The summed E-state index contributed by atoms with van der Waals surface area (Å²) in [6.07, 6.45) is 3.60. The number of rotatable bonds is 4. The Kier molecular flexibility index (Phi) is 4.83. The molecule has 0 saturated carbocycles. The van der Waals surface area contributed by atoms with Crippen molar-refractivity contribution in [3.63, 3.8) is 0 Å². The maximum Gasteiger partial charge on any atom is 0.270 e. The Labute approximate surface area is 159 Å². The van der Waals surface area contributed by atoms with Crippen molar-refractivity contribution in [2.45, 2.75) is 25.8 Å². The van der Waals surface area contributed by atoms with Crippen LogP contribution < -0.4 is 10.2 Å². The average molecular weight is 358 g/mol. The maximum absolute atomic E-state index is 12.7. The molecule has 0 bridgehead atoms. The molecule has 0 saturated heterocycles. The second kappa shape index (κ2) is 7.58. The number of carbonyl (C=O) groups excluding carboxylic acids is 1. The summed E-state index contributed by atoms with van der Waals surface area (Å²) in [6.45, 7) is 2.85. The van der Waals surface area contributed by atoms with Crippen LogP contribution in [0.2, 0.25) is 0 Å². The second-order valence-corrected chi connectivity index (χ2v) is 6.75. The van der Waals surface area contributed by atoms with Crippen molar-refractivity contribution in [2.24, 2.45) is 0 Å². The molecule has 2 aromatic carbocycles. The normalized spacial score (nSPS) is 14.3. The fraction of sp³-hybridized carbons (Fsp3) is 0.227. The summed E-state index contributed by atoms with van der Waals surface area (Å²) in [5.74, 6) is 0.565. The van der Waals surface area contributed by atoms with E-state index in [0.717, 1.165) is 36.5 Å². The van der Waals surface area contributed by atoms with Crippen LogP contribution in [0.4, 0.5) is 11.5 Å². The molecule has 0 spiro atoms. The van der Waals surface area contributed by atoms with E-state index in [1.165, 1.54) is 11.9 Å². The van der Waals surface area contributed by atoms with Gasteiger partial charge in [0.25, 0.3) is 5.91 Å². The molecule has 4 rings (SSSR count). The van der Waals surface area contributed by atoms with E-state index in [-0.39, 0.29) is 11.9 Å². The highest BCUT2D eigenvalue weighted by molar-refractivity contribution is 5.93. The first-order chi connectivity index (χ1) is 13.2. The molecule has 0 fully saturated rings. The molecule has 5 nitrogen and oxygen atoms in total. The first-order valence-electron chi connectivity index (χ1n) is 9.25. The van der Waals surface area contributed by atoms with Crippen molar-refractivity contribution in [3.8, 4) is 0 Å². The molecule has 27 heavy (non-hydrogen) atoms. The van der Waals surface area contributed by atoms with E-state index < -0.39 is 0 Å². The Morgan fingerprint density at radius 2 is 1.85 bits per heavy atom. The molecule has 1 unspecified atom stereocenters. The molecule has 0 radical (unpaired) electrons. The van der Waals surface area contributed by atoms with Crippen molar-refractivity contribution in [3.05, 3.63) is 83.8 Å². The van der Waals surface area contributed by atoms with Gasteiger partial charge in [-0.2, -0.15) is 0 Å². The van der Waals surface area contributed by atoms with Crippen LogP contribution in [0.15, 0.2) is 67.0 Å². The standard InChI is InChI=1S/C22H22N4O/c1-16(17-8-3-2-4-9-17)25-22(27)19-14-21(24-15-23-19)26-13-7-11-18-10-5-6-12-20(18)26/h2-6,8-10,12,14-16H,7,11,13H2,1H3,(H,25,27). The molecule has 1 aliphatic rings. The predicted octanol–water partition coefficient (Wildman–Crippen LogP) is 4.05. The summed E-state index contributed by atoms with van der Waals surface area (Å²) in [5, 5.41) is 3.01. The largest absolute Gasteiger partial charge is 0.344 e. The van der Waals surface area contributed by atoms with Gasteiger partial charge in [-0.05, 0) is 37.0 Å². The van der Waals surface area contributed by atoms with Crippen LogP contribution in [0.5, 0.6) is 0 Å². The highest BCUT2D eigenvalue weighted by Crippen LogP contribution is 2.32. The number of hydrogen-bond donors (Lipinski definition) is 1.